The van der Waals surface area contributed by atoms with Crippen molar-refractivity contribution in [1.29, 1.82) is 0 Å². The van der Waals surface area contributed by atoms with Gasteiger partial charge in [-0.3, -0.25) is 4.79 Å². The molecular formula is C19H23NO4. The second kappa shape index (κ2) is 5.38. The van der Waals surface area contributed by atoms with Gasteiger partial charge in [-0.05, 0) is 30.9 Å². The molecule has 0 spiro atoms. The second-order valence-electron chi connectivity index (χ2n) is 7.52. The van der Waals surface area contributed by atoms with Gasteiger partial charge in [0.25, 0.3) is 0 Å². The summed E-state index contributed by atoms with van der Waals surface area (Å²) in [6.07, 6.45) is 3.87. The highest BCUT2D eigenvalue weighted by Gasteiger charge is 2.54. The van der Waals surface area contributed by atoms with Crippen LogP contribution in [0.1, 0.15) is 18.4 Å². The first-order chi connectivity index (χ1) is 11.7. The Bertz CT molecular complexity index is 657. The molecule has 5 rings (SSSR count). The summed E-state index contributed by atoms with van der Waals surface area (Å²) in [6, 6.07) is 5.89. The van der Waals surface area contributed by atoms with Crippen molar-refractivity contribution >= 4 is 5.91 Å². The molecular weight excluding hydrogens is 306 g/mol. The summed E-state index contributed by atoms with van der Waals surface area (Å²) in [7, 11) is 1.65. The highest BCUT2D eigenvalue weighted by molar-refractivity contribution is 5.80. The number of hydrogen-bond acceptors (Lipinski definition) is 4. The molecule has 24 heavy (non-hydrogen) atoms. The van der Waals surface area contributed by atoms with E-state index in [1.165, 1.54) is 12.8 Å². The summed E-state index contributed by atoms with van der Waals surface area (Å²) in [5, 5.41) is 0. The van der Waals surface area contributed by atoms with Crippen LogP contribution in [-0.2, 0) is 16.0 Å². The standard InChI is InChI=1S/C19H23NO4/c1-22-17-4-2-3-11-7-12(10-23-18(11)17)19(21)20-8-13-14(9-20)16-6-5-15(13)24-16/h2-4,12-16H,5-10H2,1H3/t12?,13-,14+,15+,16-. The predicted molar refractivity (Wildman–Crippen MR) is 87.1 cm³/mol. The van der Waals surface area contributed by atoms with Crippen LogP contribution in [0.2, 0.25) is 0 Å². The van der Waals surface area contributed by atoms with E-state index in [9.17, 15) is 4.79 Å². The lowest BCUT2D eigenvalue weighted by atomic mass is 9.82. The van der Waals surface area contributed by atoms with E-state index in [-0.39, 0.29) is 11.8 Å². The molecule has 1 aromatic rings. The van der Waals surface area contributed by atoms with Crippen molar-refractivity contribution < 1.29 is 19.0 Å². The van der Waals surface area contributed by atoms with E-state index in [0.717, 1.165) is 36.6 Å². The maximum Gasteiger partial charge on any atom is 0.229 e. The quantitative estimate of drug-likeness (QED) is 0.831. The van der Waals surface area contributed by atoms with E-state index < -0.39 is 0 Å². The van der Waals surface area contributed by atoms with E-state index >= 15 is 0 Å². The molecule has 5 atom stereocenters. The summed E-state index contributed by atoms with van der Waals surface area (Å²) < 4.78 is 17.3. The monoisotopic (exact) mass is 329 g/mol. The number of para-hydroxylation sites is 1. The number of methoxy groups -OCH3 is 1. The molecule has 5 heteroatoms. The van der Waals surface area contributed by atoms with Gasteiger partial charge >= 0.3 is 0 Å². The first-order valence-electron chi connectivity index (χ1n) is 8.97. The van der Waals surface area contributed by atoms with Crippen LogP contribution in [0, 0.1) is 17.8 Å². The Hall–Kier alpha value is -1.75. The zero-order valence-corrected chi connectivity index (χ0v) is 13.9. The molecule has 3 saturated heterocycles. The van der Waals surface area contributed by atoms with Gasteiger partial charge in [0.2, 0.25) is 5.91 Å². The average Bonchev–Trinajstić information content (AvgIpc) is 3.32. The van der Waals surface area contributed by atoms with Crippen LogP contribution in [0.4, 0.5) is 0 Å². The summed E-state index contributed by atoms with van der Waals surface area (Å²) in [5.74, 6) is 2.84. The van der Waals surface area contributed by atoms with Gasteiger partial charge in [-0.15, -0.1) is 0 Å². The highest BCUT2D eigenvalue weighted by atomic mass is 16.5. The molecule has 1 amide bonds. The van der Waals surface area contributed by atoms with Crippen LogP contribution < -0.4 is 9.47 Å². The number of benzene rings is 1. The predicted octanol–water partition coefficient (Wildman–Crippen LogP) is 1.88. The Labute approximate surface area is 141 Å². The van der Waals surface area contributed by atoms with Gasteiger partial charge in [0.05, 0.1) is 25.2 Å². The Kier molecular flexibility index (Phi) is 3.27. The minimum Gasteiger partial charge on any atom is -0.493 e. The van der Waals surface area contributed by atoms with Gasteiger partial charge in [-0.2, -0.15) is 0 Å². The maximum absolute atomic E-state index is 13.0. The second-order valence-corrected chi connectivity index (χ2v) is 7.52. The minimum absolute atomic E-state index is 0.0815. The number of carbonyl (C=O) groups is 1. The lowest BCUT2D eigenvalue weighted by Crippen LogP contribution is -2.40. The van der Waals surface area contributed by atoms with Crippen molar-refractivity contribution in [3.63, 3.8) is 0 Å². The molecule has 5 nitrogen and oxygen atoms in total. The topological polar surface area (TPSA) is 48.0 Å². The number of hydrogen-bond donors (Lipinski definition) is 0. The van der Waals surface area contributed by atoms with Crippen molar-refractivity contribution in [2.45, 2.75) is 31.5 Å². The number of amides is 1. The van der Waals surface area contributed by atoms with E-state index in [0.29, 0.717) is 30.7 Å². The van der Waals surface area contributed by atoms with Gasteiger partial charge in [0.1, 0.15) is 6.61 Å². The molecule has 1 unspecified atom stereocenters. The first kappa shape index (κ1) is 14.6. The van der Waals surface area contributed by atoms with Crippen molar-refractivity contribution in [3.8, 4) is 11.5 Å². The van der Waals surface area contributed by atoms with Gasteiger partial charge in [-0.25, -0.2) is 0 Å². The van der Waals surface area contributed by atoms with Crippen LogP contribution in [0.5, 0.6) is 11.5 Å². The summed E-state index contributed by atoms with van der Waals surface area (Å²) in [4.78, 5) is 15.1. The first-order valence-corrected chi connectivity index (χ1v) is 8.97. The summed E-state index contributed by atoms with van der Waals surface area (Å²) >= 11 is 0. The summed E-state index contributed by atoms with van der Waals surface area (Å²) in [5.41, 5.74) is 1.07. The SMILES string of the molecule is COc1cccc2c1OCC(C(=O)N1C[C@@H]3[C@H](C1)[C@H]1CC[C@@H]3O1)C2. The minimum atomic E-state index is -0.0815. The molecule has 3 fully saturated rings. The molecule has 0 radical (unpaired) electrons. The fraction of sp³-hybridized carbons (Fsp3) is 0.632. The normalized spacial score (nSPS) is 36.2. The number of ether oxygens (including phenoxy) is 3. The molecule has 0 aromatic heterocycles. The average molecular weight is 329 g/mol. The van der Waals surface area contributed by atoms with Crippen molar-refractivity contribution in [1.82, 2.24) is 4.90 Å². The molecule has 0 saturated carbocycles. The maximum atomic E-state index is 13.0. The largest absolute Gasteiger partial charge is 0.493 e. The van der Waals surface area contributed by atoms with Crippen LogP contribution in [-0.4, -0.2) is 49.8 Å². The fourth-order valence-corrected chi connectivity index (χ4v) is 5.11. The third kappa shape index (κ3) is 2.07. The van der Waals surface area contributed by atoms with Gasteiger partial charge in [-0.1, -0.05) is 12.1 Å². The lowest BCUT2D eigenvalue weighted by molar-refractivity contribution is -0.136. The Morgan fingerprint density at radius 3 is 2.67 bits per heavy atom. The molecule has 2 bridgehead atoms. The number of rotatable bonds is 2. The van der Waals surface area contributed by atoms with E-state index in [1.54, 1.807) is 7.11 Å². The van der Waals surface area contributed by atoms with Crippen LogP contribution >= 0.6 is 0 Å². The third-order valence-corrected chi connectivity index (χ3v) is 6.29. The Morgan fingerprint density at radius 1 is 1.21 bits per heavy atom. The van der Waals surface area contributed by atoms with Gasteiger partial charge in [0.15, 0.2) is 11.5 Å². The van der Waals surface area contributed by atoms with Crippen LogP contribution in [0.15, 0.2) is 18.2 Å². The highest BCUT2D eigenvalue weighted by Crippen LogP contribution is 2.47. The zero-order chi connectivity index (χ0) is 16.3. The van der Waals surface area contributed by atoms with Crippen molar-refractivity contribution in [2.24, 2.45) is 17.8 Å². The van der Waals surface area contributed by atoms with Crippen LogP contribution in [0.25, 0.3) is 0 Å². The zero-order valence-electron chi connectivity index (χ0n) is 13.9. The molecule has 128 valence electrons. The van der Waals surface area contributed by atoms with Crippen LogP contribution in [0.3, 0.4) is 0 Å². The lowest BCUT2D eigenvalue weighted by Gasteiger charge is -2.29. The van der Waals surface area contributed by atoms with E-state index in [2.05, 4.69) is 4.90 Å². The molecule has 0 N–H and O–H groups in total. The molecule has 1 aromatic carbocycles. The number of likely N-dealkylation sites (tertiary alicyclic amines) is 1. The molecule has 4 aliphatic rings. The van der Waals surface area contributed by atoms with E-state index in [4.69, 9.17) is 14.2 Å². The van der Waals surface area contributed by atoms with E-state index in [1.807, 2.05) is 18.2 Å². The third-order valence-electron chi connectivity index (χ3n) is 6.29. The number of fused-ring (bicyclic) bond motifs is 6. The summed E-state index contributed by atoms with van der Waals surface area (Å²) in [6.45, 7) is 2.18. The molecule has 0 aliphatic carbocycles. The number of nitrogens with zero attached hydrogens (tertiary/aromatic N) is 1. The molecule has 4 heterocycles. The smallest absolute Gasteiger partial charge is 0.229 e. The number of carbonyl (C=O) groups excluding carboxylic acids is 1. The van der Waals surface area contributed by atoms with Crippen molar-refractivity contribution in [2.75, 3.05) is 26.8 Å². The fourth-order valence-electron chi connectivity index (χ4n) is 5.11. The van der Waals surface area contributed by atoms with Crippen molar-refractivity contribution in [3.05, 3.63) is 23.8 Å². The molecule has 4 aliphatic heterocycles. The Balaban J connectivity index is 1.30. The Morgan fingerprint density at radius 2 is 1.96 bits per heavy atom. The van der Waals surface area contributed by atoms with Gasteiger partial charge in [0, 0.05) is 24.9 Å². The van der Waals surface area contributed by atoms with Gasteiger partial charge < -0.3 is 19.1 Å².